The SMILES string of the molecule is COc1cccc2nc(N3CCN(CCCCc4cc5ccc6c(c5cc4N)CCC4=C6C=CCC4)CC3)ccc12.O=c1[nH]cnc2ccccc12. The molecule has 264 valence electrons. The number of ether oxygens (including phenoxy) is 1. The van der Waals surface area contributed by atoms with Crippen LogP contribution in [0.1, 0.15) is 48.8 Å². The van der Waals surface area contributed by atoms with E-state index in [0.29, 0.717) is 5.39 Å². The van der Waals surface area contributed by atoms with Gasteiger partial charge in [-0.2, -0.15) is 0 Å². The monoisotopic (exact) mass is 690 g/mol. The van der Waals surface area contributed by atoms with Crippen LogP contribution in [0.4, 0.5) is 11.5 Å². The summed E-state index contributed by atoms with van der Waals surface area (Å²) in [5.41, 5.74) is 16.6. The largest absolute Gasteiger partial charge is 0.496 e. The summed E-state index contributed by atoms with van der Waals surface area (Å²) in [6.07, 6.45) is 14.2. The van der Waals surface area contributed by atoms with E-state index in [0.717, 1.165) is 85.7 Å². The van der Waals surface area contributed by atoms with Crippen molar-refractivity contribution >= 4 is 49.7 Å². The van der Waals surface area contributed by atoms with Crippen LogP contribution in [0.3, 0.4) is 0 Å². The van der Waals surface area contributed by atoms with Gasteiger partial charge in [0.15, 0.2) is 0 Å². The predicted molar refractivity (Wildman–Crippen MR) is 214 cm³/mol. The van der Waals surface area contributed by atoms with E-state index in [2.05, 4.69) is 74.4 Å². The number of allylic oxidation sites excluding steroid dienone is 4. The lowest BCUT2D eigenvalue weighted by Crippen LogP contribution is -2.46. The van der Waals surface area contributed by atoms with Crippen molar-refractivity contribution in [2.24, 2.45) is 0 Å². The Kier molecular flexibility index (Phi) is 9.72. The van der Waals surface area contributed by atoms with Gasteiger partial charge >= 0.3 is 0 Å². The minimum Gasteiger partial charge on any atom is -0.496 e. The number of H-pyrrole nitrogens is 1. The fraction of sp³-hybridized carbons (Fsp3) is 0.295. The number of unbranched alkanes of at least 4 members (excludes halogenated alkanes) is 1. The third-order valence-electron chi connectivity index (χ3n) is 10.9. The van der Waals surface area contributed by atoms with Crippen LogP contribution < -0.4 is 20.9 Å². The number of aromatic amines is 1. The molecule has 2 aromatic heterocycles. The maximum absolute atomic E-state index is 11.1. The Morgan fingerprint density at radius 3 is 2.58 bits per heavy atom. The average molecular weight is 691 g/mol. The number of nitrogen functional groups attached to an aromatic ring is 1. The lowest BCUT2D eigenvalue weighted by atomic mass is 9.79. The zero-order valence-corrected chi connectivity index (χ0v) is 29.9. The van der Waals surface area contributed by atoms with Crippen molar-refractivity contribution in [3.05, 3.63) is 130 Å². The van der Waals surface area contributed by atoms with Gasteiger partial charge in [0.2, 0.25) is 0 Å². The third kappa shape index (κ3) is 6.91. The van der Waals surface area contributed by atoms with Gasteiger partial charge in [0.1, 0.15) is 11.6 Å². The van der Waals surface area contributed by atoms with Crippen LogP contribution in [0.15, 0.2) is 108 Å². The molecule has 1 saturated heterocycles. The van der Waals surface area contributed by atoms with Crippen molar-refractivity contribution in [2.45, 2.75) is 44.9 Å². The number of nitrogens with two attached hydrogens (primary N) is 1. The molecule has 0 radical (unpaired) electrons. The van der Waals surface area contributed by atoms with E-state index in [1.165, 1.54) is 65.0 Å². The van der Waals surface area contributed by atoms with Crippen molar-refractivity contribution < 1.29 is 4.74 Å². The van der Waals surface area contributed by atoms with E-state index in [1.807, 2.05) is 30.3 Å². The number of rotatable bonds is 7. The maximum atomic E-state index is 11.1. The standard InChI is InChI=1S/C36H40N4O.C8H6N2O/c1-41-35-11-6-10-34-31(35)16-17-36(38-34)40-21-19-39(20-22-40)18-5-4-8-27-23-26-13-15-29-28-9-3-2-7-25(28)12-14-30(29)32(26)24-33(27)37;11-8-6-3-1-2-4-7(6)9-5-10-8/h3,6,9-11,13,15-17,23-24H,2,4-5,7-8,12,14,18-22,37H2,1H3;1-5H,(H,9,10,11). The number of aromatic nitrogens is 3. The molecular weight excluding hydrogens is 645 g/mol. The van der Waals surface area contributed by atoms with Crippen LogP contribution in [0.25, 0.3) is 38.2 Å². The molecule has 52 heavy (non-hydrogen) atoms. The normalized spacial score (nSPS) is 15.8. The molecule has 9 rings (SSSR count). The number of methoxy groups -OCH3 is 1. The highest BCUT2D eigenvalue weighted by Gasteiger charge is 2.22. The molecule has 1 fully saturated rings. The first-order valence-corrected chi connectivity index (χ1v) is 18.6. The van der Waals surface area contributed by atoms with Crippen molar-refractivity contribution in [2.75, 3.05) is 50.5 Å². The van der Waals surface area contributed by atoms with E-state index in [-0.39, 0.29) is 5.56 Å². The molecule has 6 aromatic rings. The van der Waals surface area contributed by atoms with E-state index in [1.54, 1.807) is 18.7 Å². The Bertz CT molecular complexity index is 2360. The maximum Gasteiger partial charge on any atom is 0.258 e. The molecule has 3 heterocycles. The molecule has 3 aliphatic rings. The summed E-state index contributed by atoms with van der Waals surface area (Å²) in [6.45, 7) is 5.32. The molecule has 0 unspecified atom stereocenters. The van der Waals surface area contributed by atoms with E-state index in [4.69, 9.17) is 15.5 Å². The van der Waals surface area contributed by atoms with Crippen LogP contribution in [0, 0.1) is 0 Å². The van der Waals surface area contributed by atoms with Gasteiger partial charge < -0.3 is 20.4 Å². The number of anilines is 2. The highest BCUT2D eigenvalue weighted by Crippen LogP contribution is 2.40. The summed E-state index contributed by atoms with van der Waals surface area (Å²) < 4.78 is 5.49. The predicted octanol–water partition coefficient (Wildman–Crippen LogP) is 8.10. The molecule has 3 N–H and O–H groups in total. The minimum atomic E-state index is -0.0874. The second-order valence-electron chi connectivity index (χ2n) is 14.1. The van der Waals surface area contributed by atoms with Gasteiger partial charge in [0, 0.05) is 37.3 Å². The number of nitrogens with zero attached hydrogens (tertiary/aromatic N) is 4. The van der Waals surface area contributed by atoms with Gasteiger partial charge in [-0.25, -0.2) is 9.97 Å². The number of benzene rings is 4. The molecule has 0 atom stereocenters. The molecule has 8 nitrogen and oxygen atoms in total. The van der Waals surface area contributed by atoms with Crippen LogP contribution in [-0.2, 0) is 12.8 Å². The van der Waals surface area contributed by atoms with E-state index >= 15 is 0 Å². The zero-order chi connectivity index (χ0) is 35.4. The quantitative estimate of drug-likeness (QED) is 0.129. The van der Waals surface area contributed by atoms with Crippen LogP contribution in [0.2, 0.25) is 0 Å². The molecule has 0 bridgehead atoms. The van der Waals surface area contributed by atoms with Crippen LogP contribution in [-0.4, -0.2) is 59.7 Å². The molecule has 1 aliphatic heterocycles. The highest BCUT2D eigenvalue weighted by molar-refractivity contribution is 5.96. The Balaban J connectivity index is 0.000000299. The topological polar surface area (TPSA) is 100 Å². The number of nitrogens with one attached hydrogen (secondary N) is 1. The number of hydrogen-bond acceptors (Lipinski definition) is 7. The van der Waals surface area contributed by atoms with Crippen molar-refractivity contribution in [3.63, 3.8) is 0 Å². The number of para-hydroxylation sites is 1. The Labute approximate surface area is 304 Å². The Hall–Kier alpha value is -5.47. The molecule has 2 aliphatic carbocycles. The first-order chi connectivity index (χ1) is 25.6. The molecule has 4 aromatic carbocycles. The number of piperazine rings is 1. The van der Waals surface area contributed by atoms with E-state index in [9.17, 15) is 4.79 Å². The number of fused-ring (bicyclic) bond motifs is 6. The summed E-state index contributed by atoms with van der Waals surface area (Å²) in [5, 5.41) is 4.40. The van der Waals surface area contributed by atoms with E-state index < -0.39 is 0 Å². The second kappa shape index (κ2) is 15.0. The fourth-order valence-corrected chi connectivity index (χ4v) is 8.10. The molecule has 0 saturated carbocycles. The number of pyridine rings is 1. The number of hydrogen-bond donors (Lipinski definition) is 2. The first-order valence-electron chi connectivity index (χ1n) is 18.6. The van der Waals surface area contributed by atoms with Gasteiger partial charge in [0.05, 0.1) is 29.9 Å². The van der Waals surface area contributed by atoms with Crippen LogP contribution >= 0.6 is 0 Å². The lowest BCUT2D eigenvalue weighted by Gasteiger charge is -2.35. The van der Waals surface area contributed by atoms with Gasteiger partial charge in [-0.1, -0.05) is 48.1 Å². The van der Waals surface area contributed by atoms with Crippen LogP contribution in [0.5, 0.6) is 5.75 Å². The molecule has 0 amide bonds. The summed E-state index contributed by atoms with van der Waals surface area (Å²) in [6, 6.07) is 26.9. The molecule has 0 spiro atoms. The lowest BCUT2D eigenvalue weighted by molar-refractivity contribution is 0.252. The number of aryl methyl sites for hydroxylation is 2. The minimum absolute atomic E-state index is 0.0874. The summed E-state index contributed by atoms with van der Waals surface area (Å²) in [7, 11) is 1.71. The summed E-state index contributed by atoms with van der Waals surface area (Å²) >= 11 is 0. The van der Waals surface area contributed by atoms with Gasteiger partial charge in [-0.15, -0.1) is 0 Å². The summed E-state index contributed by atoms with van der Waals surface area (Å²) in [4.78, 5) is 27.5. The van der Waals surface area contributed by atoms with Crippen molar-refractivity contribution in [1.29, 1.82) is 0 Å². The van der Waals surface area contributed by atoms with Gasteiger partial charge in [-0.05, 0) is 133 Å². The smallest absolute Gasteiger partial charge is 0.258 e. The van der Waals surface area contributed by atoms with Gasteiger partial charge in [-0.3, -0.25) is 9.69 Å². The Morgan fingerprint density at radius 1 is 0.846 bits per heavy atom. The highest BCUT2D eigenvalue weighted by atomic mass is 16.5. The fourth-order valence-electron chi connectivity index (χ4n) is 8.10. The third-order valence-corrected chi connectivity index (χ3v) is 10.9. The second-order valence-corrected chi connectivity index (χ2v) is 14.1. The van der Waals surface area contributed by atoms with Crippen molar-refractivity contribution in [3.8, 4) is 5.75 Å². The van der Waals surface area contributed by atoms with Crippen molar-refractivity contribution in [1.82, 2.24) is 19.9 Å². The summed E-state index contributed by atoms with van der Waals surface area (Å²) in [5.74, 6) is 1.94. The molecular formula is C44H46N6O2. The average Bonchev–Trinajstić information content (AvgIpc) is 3.19. The first kappa shape index (κ1) is 33.7. The Morgan fingerprint density at radius 2 is 1.71 bits per heavy atom. The zero-order valence-electron chi connectivity index (χ0n) is 29.9. The molecule has 8 heteroatoms. The van der Waals surface area contributed by atoms with Gasteiger partial charge in [0.25, 0.3) is 5.56 Å².